The van der Waals surface area contributed by atoms with E-state index in [-0.39, 0.29) is 30.7 Å². The SMILES string of the molecule is CCOc1ccccc1C(=O)NCC(=O)N1CCC(CC(=O)O)CC1. The van der Waals surface area contributed by atoms with Crippen molar-refractivity contribution in [3.05, 3.63) is 29.8 Å². The second-order valence-electron chi connectivity index (χ2n) is 6.03. The summed E-state index contributed by atoms with van der Waals surface area (Å²) < 4.78 is 5.42. The van der Waals surface area contributed by atoms with Crippen molar-refractivity contribution in [1.82, 2.24) is 10.2 Å². The first kappa shape index (κ1) is 18.8. The van der Waals surface area contributed by atoms with Gasteiger partial charge in [0.1, 0.15) is 5.75 Å². The summed E-state index contributed by atoms with van der Waals surface area (Å²) in [6, 6.07) is 6.90. The van der Waals surface area contributed by atoms with Crippen LogP contribution in [0.5, 0.6) is 5.75 Å². The van der Waals surface area contributed by atoms with Crippen molar-refractivity contribution < 1.29 is 24.2 Å². The van der Waals surface area contributed by atoms with Gasteiger partial charge in [-0.05, 0) is 37.8 Å². The summed E-state index contributed by atoms with van der Waals surface area (Å²) in [6.45, 7) is 3.27. The molecule has 1 aromatic carbocycles. The molecular weight excluding hydrogens is 324 g/mol. The van der Waals surface area contributed by atoms with E-state index in [0.29, 0.717) is 43.9 Å². The van der Waals surface area contributed by atoms with Crippen LogP contribution in [0.4, 0.5) is 0 Å². The van der Waals surface area contributed by atoms with Crippen molar-refractivity contribution in [2.45, 2.75) is 26.2 Å². The fraction of sp³-hybridized carbons (Fsp3) is 0.500. The predicted octanol–water partition coefficient (Wildman–Crippen LogP) is 1.53. The molecule has 0 aliphatic carbocycles. The molecule has 1 aliphatic rings. The quantitative estimate of drug-likeness (QED) is 0.779. The number of ether oxygens (including phenoxy) is 1. The van der Waals surface area contributed by atoms with E-state index in [4.69, 9.17) is 9.84 Å². The van der Waals surface area contributed by atoms with Gasteiger partial charge in [0.15, 0.2) is 0 Å². The summed E-state index contributed by atoms with van der Waals surface area (Å²) in [5.74, 6) is -0.696. The van der Waals surface area contributed by atoms with Crippen molar-refractivity contribution >= 4 is 17.8 Å². The van der Waals surface area contributed by atoms with Crippen molar-refractivity contribution in [3.8, 4) is 5.75 Å². The molecule has 25 heavy (non-hydrogen) atoms. The van der Waals surface area contributed by atoms with Gasteiger partial charge in [-0.1, -0.05) is 12.1 Å². The van der Waals surface area contributed by atoms with Crippen LogP contribution in [0.25, 0.3) is 0 Å². The zero-order valence-corrected chi connectivity index (χ0v) is 14.4. The minimum atomic E-state index is -0.801. The highest BCUT2D eigenvalue weighted by Gasteiger charge is 2.24. The number of likely N-dealkylation sites (tertiary alicyclic amines) is 1. The lowest BCUT2D eigenvalue weighted by Crippen LogP contribution is -2.44. The topological polar surface area (TPSA) is 95.9 Å². The third kappa shape index (κ3) is 5.48. The Balaban J connectivity index is 1.82. The molecule has 0 unspecified atom stereocenters. The Morgan fingerprint density at radius 3 is 2.56 bits per heavy atom. The van der Waals surface area contributed by atoms with E-state index in [0.717, 1.165) is 0 Å². The van der Waals surface area contributed by atoms with Gasteiger partial charge in [0.25, 0.3) is 5.91 Å². The zero-order chi connectivity index (χ0) is 18.2. The number of nitrogens with zero attached hydrogens (tertiary/aromatic N) is 1. The van der Waals surface area contributed by atoms with Gasteiger partial charge in [-0.2, -0.15) is 0 Å². The van der Waals surface area contributed by atoms with E-state index in [1.165, 1.54) is 0 Å². The molecule has 0 radical (unpaired) electrons. The number of piperidine rings is 1. The van der Waals surface area contributed by atoms with Crippen LogP contribution < -0.4 is 10.1 Å². The molecule has 136 valence electrons. The van der Waals surface area contributed by atoms with Crippen LogP contribution in [0.2, 0.25) is 0 Å². The fourth-order valence-electron chi connectivity index (χ4n) is 2.93. The lowest BCUT2D eigenvalue weighted by atomic mass is 9.93. The molecule has 1 saturated heterocycles. The summed E-state index contributed by atoms with van der Waals surface area (Å²) >= 11 is 0. The average molecular weight is 348 g/mol. The Hall–Kier alpha value is -2.57. The minimum absolute atomic E-state index is 0.0805. The standard InChI is InChI=1S/C18H24N2O5/c1-2-25-15-6-4-3-5-14(15)18(24)19-12-16(21)20-9-7-13(8-10-20)11-17(22)23/h3-6,13H,2,7-12H2,1H3,(H,19,24)(H,22,23). The van der Waals surface area contributed by atoms with Gasteiger partial charge >= 0.3 is 5.97 Å². The summed E-state index contributed by atoms with van der Waals surface area (Å²) in [4.78, 5) is 36.9. The maximum atomic E-state index is 12.3. The van der Waals surface area contributed by atoms with Gasteiger partial charge < -0.3 is 20.1 Å². The largest absolute Gasteiger partial charge is 0.493 e. The van der Waals surface area contributed by atoms with Crippen LogP contribution in [0.15, 0.2) is 24.3 Å². The Bertz CT molecular complexity index is 624. The molecule has 1 heterocycles. The number of aliphatic carboxylic acids is 1. The third-order valence-corrected chi connectivity index (χ3v) is 4.26. The van der Waals surface area contributed by atoms with Crippen LogP contribution in [0.1, 0.15) is 36.5 Å². The number of rotatable bonds is 7. The fourth-order valence-corrected chi connectivity index (χ4v) is 2.93. The van der Waals surface area contributed by atoms with E-state index in [1.807, 2.05) is 6.92 Å². The normalized spacial score (nSPS) is 14.8. The van der Waals surface area contributed by atoms with Crippen LogP contribution in [0.3, 0.4) is 0 Å². The van der Waals surface area contributed by atoms with E-state index in [2.05, 4.69) is 5.32 Å². The number of benzene rings is 1. The number of hydrogen-bond donors (Lipinski definition) is 2. The molecule has 0 saturated carbocycles. The molecule has 0 bridgehead atoms. The summed E-state index contributed by atoms with van der Waals surface area (Å²) in [7, 11) is 0. The first-order valence-electron chi connectivity index (χ1n) is 8.50. The van der Waals surface area contributed by atoms with Crippen molar-refractivity contribution in [3.63, 3.8) is 0 Å². The maximum absolute atomic E-state index is 12.3. The smallest absolute Gasteiger partial charge is 0.303 e. The lowest BCUT2D eigenvalue weighted by molar-refractivity contribution is -0.138. The van der Waals surface area contributed by atoms with Gasteiger partial charge in [0, 0.05) is 19.5 Å². The monoisotopic (exact) mass is 348 g/mol. The number of amides is 2. The number of carboxylic acid groups (broad SMARTS) is 1. The average Bonchev–Trinajstić information content (AvgIpc) is 2.60. The van der Waals surface area contributed by atoms with Crippen LogP contribution in [0, 0.1) is 5.92 Å². The predicted molar refractivity (Wildman–Crippen MR) is 91.5 cm³/mol. The number of carbonyl (C=O) groups excluding carboxylic acids is 2. The molecule has 2 rings (SSSR count). The van der Waals surface area contributed by atoms with Crippen LogP contribution in [-0.2, 0) is 9.59 Å². The molecule has 0 atom stereocenters. The maximum Gasteiger partial charge on any atom is 0.303 e. The van der Waals surface area contributed by atoms with E-state index >= 15 is 0 Å². The van der Waals surface area contributed by atoms with Crippen molar-refractivity contribution in [2.24, 2.45) is 5.92 Å². The molecule has 0 spiro atoms. The lowest BCUT2D eigenvalue weighted by Gasteiger charge is -2.31. The number of hydrogen-bond acceptors (Lipinski definition) is 4. The number of carboxylic acids is 1. The Morgan fingerprint density at radius 2 is 1.92 bits per heavy atom. The van der Waals surface area contributed by atoms with E-state index in [1.54, 1.807) is 29.2 Å². The summed E-state index contributed by atoms with van der Waals surface area (Å²) in [6.07, 6.45) is 1.51. The van der Waals surface area contributed by atoms with Crippen LogP contribution in [-0.4, -0.2) is 54.0 Å². The Labute approximate surface area is 147 Å². The first-order chi connectivity index (χ1) is 12.0. The van der Waals surface area contributed by atoms with Gasteiger partial charge in [0.05, 0.1) is 18.7 Å². The summed E-state index contributed by atoms with van der Waals surface area (Å²) in [5, 5.41) is 11.5. The molecule has 1 fully saturated rings. The molecule has 7 nitrogen and oxygen atoms in total. The number of para-hydroxylation sites is 1. The Kier molecular flexibility index (Phi) is 6.80. The molecular formula is C18H24N2O5. The number of carbonyl (C=O) groups is 3. The molecule has 2 N–H and O–H groups in total. The van der Waals surface area contributed by atoms with E-state index in [9.17, 15) is 14.4 Å². The highest BCUT2D eigenvalue weighted by molar-refractivity contribution is 5.98. The van der Waals surface area contributed by atoms with Crippen molar-refractivity contribution in [1.29, 1.82) is 0 Å². The van der Waals surface area contributed by atoms with Gasteiger partial charge in [-0.15, -0.1) is 0 Å². The van der Waals surface area contributed by atoms with Gasteiger partial charge in [0.2, 0.25) is 5.91 Å². The van der Waals surface area contributed by atoms with E-state index < -0.39 is 5.97 Å². The first-order valence-corrected chi connectivity index (χ1v) is 8.50. The van der Waals surface area contributed by atoms with Gasteiger partial charge in [-0.25, -0.2) is 0 Å². The minimum Gasteiger partial charge on any atom is -0.493 e. The second kappa shape index (κ2) is 9.05. The second-order valence-corrected chi connectivity index (χ2v) is 6.03. The van der Waals surface area contributed by atoms with Crippen molar-refractivity contribution in [2.75, 3.05) is 26.2 Å². The molecule has 0 aromatic heterocycles. The molecule has 1 aromatic rings. The van der Waals surface area contributed by atoms with Crippen LogP contribution >= 0.6 is 0 Å². The molecule has 1 aliphatic heterocycles. The summed E-state index contributed by atoms with van der Waals surface area (Å²) in [5.41, 5.74) is 0.400. The molecule has 7 heteroatoms. The zero-order valence-electron chi connectivity index (χ0n) is 14.4. The Morgan fingerprint density at radius 1 is 1.24 bits per heavy atom. The third-order valence-electron chi connectivity index (χ3n) is 4.26. The molecule has 2 amide bonds. The highest BCUT2D eigenvalue weighted by atomic mass is 16.5. The highest BCUT2D eigenvalue weighted by Crippen LogP contribution is 2.20. The van der Waals surface area contributed by atoms with Gasteiger partial charge in [-0.3, -0.25) is 14.4 Å². The number of nitrogens with one attached hydrogen (secondary N) is 1.